The van der Waals surface area contributed by atoms with Crippen molar-refractivity contribution in [3.05, 3.63) is 23.8 Å². The molecule has 1 nitrogen and oxygen atoms in total. The molecule has 14 heavy (non-hydrogen) atoms. The third-order valence-electron chi connectivity index (χ3n) is 2.56. The Bertz CT molecular complexity index is 248. The van der Waals surface area contributed by atoms with Crippen LogP contribution in [0.15, 0.2) is 23.8 Å². The Morgan fingerprint density at radius 2 is 2.14 bits per heavy atom. The highest BCUT2D eigenvalue weighted by Crippen LogP contribution is 2.32. The largest absolute Gasteiger partial charge is 0.365 e. The Labute approximate surface area is 91.8 Å². The van der Waals surface area contributed by atoms with E-state index in [0.29, 0.717) is 5.92 Å². The fourth-order valence-electron chi connectivity index (χ4n) is 1.56. The summed E-state index contributed by atoms with van der Waals surface area (Å²) in [6.45, 7) is 6.66. The number of ether oxygens (including phenoxy) is 1. The molecule has 0 saturated heterocycles. The highest BCUT2D eigenvalue weighted by Gasteiger charge is 2.21. The van der Waals surface area contributed by atoms with E-state index in [9.17, 15) is 0 Å². The van der Waals surface area contributed by atoms with Crippen LogP contribution in [-0.2, 0) is 4.74 Å². The molecule has 0 amide bonds. The summed E-state index contributed by atoms with van der Waals surface area (Å²) in [6, 6.07) is 0. The SMILES string of the molecule is COC(Cl)C1C=CC(C(C)(C)C)=CC1. The second-order valence-electron chi connectivity index (χ2n) is 4.75. The molecule has 1 rings (SSSR count). The first-order valence-electron chi connectivity index (χ1n) is 5.01. The summed E-state index contributed by atoms with van der Waals surface area (Å²) in [5.74, 6) is 0.313. The molecule has 1 aliphatic rings. The highest BCUT2D eigenvalue weighted by molar-refractivity contribution is 6.20. The first-order valence-corrected chi connectivity index (χ1v) is 5.44. The van der Waals surface area contributed by atoms with E-state index in [2.05, 4.69) is 39.0 Å². The Hall–Kier alpha value is -0.270. The van der Waals surface area contributed by atoms with Gasteiger partial charge in [-0.3, -0.25) is 0 Å². The number of alkyl halides is 1. The lowest BCUT2D eigenvalue weighted by Crippen LogP contribution is -2.18. The molecular formula is C12H19ClO. The van der Waals surface area contributed by atoms with Crippen LogP contribution in [0.5, 0.6) is 0 Å². The molecule has 1 aliphatic carbocycles. The van der Waals surface area contributed by atoms with Crippen molar-refractivity contribution in [3.8, 4) is 0 Å². The minimum absolute atomic E-state index is 0.205. The van der Waals surface area contributed by atoms with E-state index in [0.717, 1.165) is 6.42 Å². The lowest BCUT2D eigenvalue weighted by molar-refractivity contribution is 0.134. The van der Waals surface area contributed by atoms with Crippen molar-refractivity contribution in [2.75, 3.05) is 7.11 Å². The molecule has 2 heteroatoms. The molecule has 2 atom stereocenters. The molecule has 80 valence electrons. The Kier molecular flexibility index (Phi) is 3.79. The molecule has 0 bridgehead atoms. The van der Waals surface area contributed by atoms with Gasteiger partial charge in [0.1, 0.15) is 5.56 Å². The maximum atomic E-state index is 6.00. The first-order chi connectivity index (χ1) is 6.45. The molecule has 0 aliphatic heterocycles. The fourth-order valence-corrected chi connectivity index (χ4v) is 1.75. The van der Waals surface area contributed by atoms with Crippen molar-refractivity contribution in [1.82, 2.24) is 0 Å². The van der Waals surface area contributed by atoms with Crippen LogP contribution >= 0.6 is 11.6 Å². The molecule has 0 spiro atoms. The second kappa shape index (κ2) is 4.50. The van der Waals surface area contributed by atoms with E-state index in [4.69, 9.17) is 16.3 Å². The van der Waals surface area contributed by atoms with Gasteiger partial charge in [0, 0.05) is 13.0 Å². The van der Waals surface area contributed by atoms with Crippen LogP contribution in [0, 0.1) is 11.3 Å². The van der Waals surface area contributed by atoms with E-state index in [1.165, 1.54) is 5.57 Å². The van der Waals surface area contributed by atoms with Crippen LogP contribution in [0.1, 0.15) is 27.2 Å². The smallest absolute Gasteiger partial charge is 0.137 e. The Morgan fingerprint density at radius 1 is 1.50 bits per heavy atom. The maximum Gasteiger partial charge on any atom is 0.137 e. The third-order valence-corrected chi connectivity index (χ3v) is 3.06. The first kappa shape index (κ1) is 11.8. The highest BCUT2D eigenvalue weighted by atomic mass is 35.5. The van der Waals surface area contributed by atoms with Crippen molar-refractivity contribution in [1.29, 1.82) is 0 Å². The van der Waals surface area contributed by atoms with E-state index >= 15 is 0 Å². The van der Waals surface area contributed by atoms with Crippen LogP contribution in [0.3, 0.4) is 0 Å². The number of allylic oxidation sites excluding steroid dienone is 3. The van der Waals surface area contributed by atoms with Gasteiger partial charge in [-0.1, -0.05) is 50.6 Å². The Balaban J connectivity index is 2.62. The monoisotopic (exact) mass is 214 g/mol. The van der Waals surface area contributed by atoms with Crippen molar-refractivity contribution in [3.63, 3.8) is 0 Å². The van der Waals surface area contributed by atoms with Gasteiger partial charge in [0.2, 0.25) is 0 Å². The fraction of sp³-hybridized carbons (Fsp3) is 0.667. The van der Waals surface area contributed by atoms with Gasteiger partial charge in [0.15, 0.2) is 0 Å². The van der Waals surface area contributed by atoms with Crippen molar-refractivity contribution in [2.24, 2.45) is 11.3 Å². The molecule has 0 radical (unpaired) electrons. The zero-order chi connectivity index (χ0) is 10.8. The van der Waals surface area contributed by atoms with Gasteiger partial charge >= 0.3 is 0 Å². The minimum Gasteiger partial charge on any atom is -0.365 e. The van der Waals surface area contributed by atoms with Crippen molar-refractivity contribution in [2.45, 2.75) is 32.8 Å². The average molecular weight is 215 g/mol. The zero-order valence-electron chi connectivity index (χ0n) is 9.38. The molecule has 2 unspecified atom stereocenters. The molecule has 0 aromatic carbocycles. The number of hydrogen-bond donors (Lipinski definition) is 0. The standard InChI is InChI=1S/C12H19ClO/c1-12(2,3)10-7-5-9(6-8-10)11(13)14-4/h5,7-9,11H,6H2,1-4H3. The summed E-state index contributed by atoms with van der Waals surface area (Å²) in [5.41, 5.74) is 1.41. The minimum atomic E-state index is -0.205. The lowest BCUT2D eigenvalue weighted by Gasteiger charge is -2.26. The Morgan fingerprint density at radius 3 is 2.50 bits per heavy atom. The third kappa shape index (κ3) is 2.86. The van der Waals surface area contributed by atoms with E-state index in [1.54, 1.807) is 7.11 Å². The molecule has 0 heterocycles. The summed E-state index contributed by atoms with van der Waals surface area (Å²) >= 11 is 6.00. The topological polar surface area (TPSA) is 9.23 Å². The molecule has 0 N–H and O–H groups in total. The van der Waals surface area contributed by atoms with Gasteiger partial charge in [-0.15, -0.1) is 0 Å². The average Bonchev–Trinajstić information content (AvgIpc) is 2.15. The van der Waals surface area contributed by atoms with Crippen LogP contribution < -0.4 is 0 Å². The lowest BCUT2D eigenvalue weighted by atomic mass is 9.82. The van der Waals surface area contributed by atoms with Gasteiger partial charge in [0.25, 0.3) is 0 Å². The van der Waals surface area contributed by atoms with Gasteiger partial charge in [-0.25, -0.2) is 0 Å². The van der Waals surface area contributed by atoms with Gasteiger partial charge in [-0.2, -0.15) is 0 Å². The van der Waals surface area contributed by atoms with Gasteiger partial charge < -0.3 is 4.74 Å². The predicted octanol–water partition coefficient (Wildman–Crippen LogP) is 3.75. The van der Waals surface area contributed by atoms with Crippen molar-refractivity contribution < 1.29 is 4.74 Å². The molecule has 0 saturated carbocycles. The second-order valence-corrected chi connectivity index (χ2v) is 5.19. The summed E-state index contributed by atoms with van der Waals surface area (Å²) in [6.07, 6.45) is 7.56. The van der Waals surface area contributed by atoms with E-state index < -0.39 is 0 Å². The summed E-state index contributed by atoms with van der Waals surface area (Å²) in [7, 11) is 1.65. The summed E-state index contributed by atoms with van der Waals surface area (Å²) in [5, 5.41) is 0. The molecule has 0 aromatic rings. The van der Waals surface area contributed by atoms with Crippen LogP contribution in [0.4, 0.5) is 0 Å². The van der Waals surface area contributed by atoms with Crippen LogP contribution in [-0.4, -0.2) is 12.7 Å². The molecule has 0 aromatic heterocycles. The quantitative estimate of drug-likeness (QED) is 0.637. The normalized spacial score (nSPS) is 24.6. The van der Waals surface area contributed by atoms with Gasteiger partial charge in [0.05, 0.1) is 0 Å². The van der Waals surface area contributed by atoms with Crippen LogP contribution in [0.2, 0.25) is 0 Å². The summed E-state index contributed by atoms with van der Waals surface area (Å²) in [4.78, 5) is 0. The zero-order valence-corrected chi connectivity index (χ0v) is 10.1. The molecular weight excluding hydrogens is 196 g/mol. The number of methoxy groups -OCH3 is 1. The summed E-state index contributed by atoms with van der Waals surface area (Å²) < 4.78 is 5.10. The maximum absolute atomic E-state index is 6.00. The van der Waals surface area contributed by atoms with Crippen molar-refractivity contribution >= 4 is 11.6 Å². The number of rotatable bonds is 2. The predicted molar refractivity (Wildman–Crippen MR) is 61.4 cm³/mol. The molecule has 0 fully saturated rings. The van der Waals surface area contributed by atoms with E-state index in [1.807, 2.05) is 0 Å². The van der Waals surface area contributed by atoms with E-state index in [-0.39, 0.29) is 11.0 Å². The van der Waals surface area contributed by atoms with Gasteiger partial charge in [-0.05, 0) is 17.4 Å². The van der Waals surface area contributed by atoms with Crippen LogP contribution in [0.25, 0.3) is 0 Å². The number of hydrogen-bond acceptors (Lipinski definition) is 1. The number of halogens is 1.